The highest BCUT2D eigenvalue weighted by atomic mass is 35.5. The first-order valence-electron chi connectivity index (χ1n) is 6.06. The van der Waals surface area contributed by atoms with Gasteiger partial charge in [0.1, 0.15) is 11.5 Å². The fourth-order valence-electron chi connectivity index (χ4n) is 1.77. The highest BCUT2D eigenvalue weighted by molar-refractivity contribution is 5.85. The first-order chi connectivity index (χ1) is 8.87. The van der Waals surface area contributed by atoms with Gasteiger partial charge in [-0.1, -0.05) is 25.8 Å². The van der Waals surface area contributed by atoms with E-state index in [1.54, 1.807) is 0 Å². The summed E-state index contributed by atoms with van der Waals surface area (Å²) < 4.78 is 45.3. The van der Waals surface area contributed by atoms with Crippen LogP contribution in [0.1, 0.15) is 37.8 Å². The normalized spacial score (nSPS) is 12.5. The highest BCUT2D eigenvalue weighted by Crippen LogP contribution is 2.32. The third-order valence-electron chi connectivity index (χ3n) is 2.71. The zero-order valence-corrected chi connectivity index (χ0v) is 12.2. The molecule has 0 radical (unpaired) electrons. The summed E-state index contributed by atoms with van der Waals surface area (Å²) >= 11 is 0. The Kier molecular flexibility index (Phi) is 7.75. The molecule has 0 aromatic heterocycles. The van der Waals surface area contributed by atoms with E-state index < -0.39 is 6.36 Å². The van der Waals surface area contributed by atoms with E-state index in [9.17, 15) is 13.2 Å². The number of hydrogen-bond donors (Lipinski definition) is 1. The number of halogens is 4. The second-order valence-electron chi connectivity index (χ2n) is 4.20. The average molecular weight is 314 g/mol. The minimum absolute atomic E-state index is 0. The summed E-state index contributed by atoms with van der Waals surface area (Å²) in [5.74, 6) is 0.00106. The lowest BCUT2D eigenvalue weighted by atomic mass is 10.0. The van der Waals surface area contributed by atoms with Crippen molar-refractivity contribution < 1.29 is 22.6 Å². The van der Waals surface area contributed by atoms with Gasteiger partial charge in [0.25, 0.3) is 0 Å². The number of rotatable bonds is 6. The molecule has 0 heterocycles. The molecule has 1 aromatic carbocycles. The number of benzene rings is 1. The van der Waals surface area contributed by atoms with Crippen molar-refractivity contribution in [2.45, 2.75) is 38.6 Å². The maximum atomic E-state index is 12.1. The topological polar surface area (TPSA) is 44.5 Å². The molecule has 0 spiro atoms. The standard InChI is InChI=1S/C13H18F3NO2.ClH/c1-3-4-5-11(17)10-7-6-9(8-12(10)18-2)19-13(14,15)16;/h6-8,11H,3-5,17H2,1-2H3;1H/t11-;/m0./s1. The van der Waals surface area contributed by atoms with Crippen LogP contribution in [0.2, 0.25) is 0 Å². The molecular formula is C13H19ClF3NO2. The molecule has 20 heavy (non-hydrogen) atoms. The third kappa shape index (κ3) is 5.88. The molecule has 3 nitrogen and oxygen atoms in total. The van der Waals surface area contributed by atoms with Crippen LogP contribution in [-0.2, 0) is 0 Å². The van der Waals surface area contributed by atoms with Crippen molar-refractivity contribution in [1.82, 2.24) is 0 Å². The molecule has 0 aliphatic carbocycles. The predicted octanol–water partition coefficient (Wildman–Crippen LogP) is 4.21. The Labute approximate surface area is 122 Å². The van der Waals surface area contributed by atoms with Gasteiger partial charge in [-0.05, 0) is 12.5 Å². The zero-order chi connectivity index (χ0) is 14.5. The number of unbranched alkanes of at least 4 members (excludes halogenated alkanes) is 1. The number of hydrogen-bond acceptors (Lipinski definition) is 3. The second kappa shape index (κ2) is 8.21. The smallest absolute Gasteiger partial charge is 0.496 e. The molecular weight excluding hydrogens is 295 g/mol. The van der Waals surface area contributed by atoms with Crippen molar-refractivity contribution in [1.29, 1.82) is 0 Å². The molecule has 7 heteroatoms. The van der Waals surface area contributed by atoms with Crippen molar-refractivity contribution in [3.8, 4) is 11.5 Å². The molecule has 0 saturated carbocycles. The lowest BCUT2D eigenvalue weighted by Crippen LogP contribution is -2.17. The van der Waals surface area contributed by atoms with Crippen molar-refractivity contribution in [3.63, 3.8) is 0 Å². The number of ether oxygens (including phenoxy) is 2. The molecule has 0 aliphatic heterocycles. The van der Waals surface area contributed by atoms with Crippen LogP contribution in [0, 0.1) is 0 Å². The lowest BCUT2D eigenvalue weighted by Gasteiger charge is -2.17. The Hall–Kier alpha value is -1.14. The van der Waals surface area contributed by atoms with Crippen LogP contribution in [0.3, 0.4) is 0 Å². The Morgan fingerprint density at radius 3 is 2.45 bits per heavy atom. The monoisotopic (exact) mass is 313 g/mol. The molecule has 0 saturated heterocycles. The van der Waals surface area contributed by atoms with Crippen LogP contribution in [0.5, 0.6) is 11.5 Å². The van der Waals surface area contributed by atoms with Crippen LogP contribution >= 0.6 is 12.4 Å². The van der Waals surface area contributed by atoms with E-state index in [0.29, 0.717) is 11.3 Å². The summed E-state index contributed by atoms with van der Waals surface area (Å²) in [5, 5.41) is 0. The van der Waals surface area contributed by atoms with E-state index in [1.807, 2.05) is 6.92 Å². The molecule has 0 aliphatic rings. The lowest BCUT2D eigenvalue weighted by molar-refractivity contribution is -0.274. The highest BCUT2D eigenvalue weighted by Gasteiger charge is 2.31. The summed E-state index contributed by atoms with van der Waals surface area (Å²) in [7, 11) is 1.39. The maximum absolute atomic E-state index is 12.1. The molecule has 0 fully saturated rings. The van der Waals surface area contributed by atoms with Gasteiger partial charge in [-0.25, -0.2) is 0 Å². The molecule has 1 atom stereocenters. The Morgan fingerprint density at radius 2 is 1.95 bits per heavy atom. The molecule has 2 N–H and O–H groups in total. The molecule has 1 rings (SSSR count). The third-order valence-corrected chi connectivity index (χ3v) is 2.71. The van der Waals surface area contributed by atoms with E-state index in [0.717, 1.165) is 19.3 Å². The minimum atomic E-state index is -4.71. The largest absolute Gasteiger partial charge is 0.573 e. The summed E-state index contributed by atoms with van der Waals surface area (Å²) in [4.78, 5) is 0. The number of methoxy groups -OCH3 is 1. The first kappa shape index (κ1) is 18.9. The van der Waals surface area contributed by atoms with Crippen LogP contribution < -0.4 is 15.2 Å². The van der Waals surface area contributed by atoms with Crippen LogP contribution in [-0.4, -0.2) is 13.5 Å². The molecule has 1 aromatic rings. The van der Waals surface area contributed by atoms with Gasteiger partial charge in [0.2, 0.25) is 0 Å². The van der Waals surface area contributed by atoms with E-state index in [1.165, 1.54) is 25.3 Å². The SMILES string of the molecule is CCCC[C@H](N)c1ccc(OC(F)(F)F)cc1OC.Cl. The fourth-order valence-corrected chi connectivity index (χ4v) is 1.77. The Bertz CT molecular complexity index is 413. The van der Waals surface area contributed by atoms with Crippen LogP contribution in [0.4, 0.5) is 13.2 Å². The van der Waals surface area contributed by atoms with Gasteiger partial charge in [0.05, 0.1) is 7.11 Å². The van der Waals surface area contributed by atoms with Crippen molar-refractivity contribution in [3.05, 3.63) is 23.8 Å². The van der Waals surface area contributed by atoms with Gasteiger partial charge in [-0.2, -0.15) is 0 Å². The van der Waals surface area contributed by atoms with Crippen molar-refractivity contribution in [2.75, 3.05) is 7.11 Å². The molecule has 116 valence electrons. The summed E-state index contributed by atoms with van der Waals surface area (Å²) in [6, 6.07) is 3.71. The minimum Gasteiger partial charge on any atom is -0.496 e. The number of nitrogens with two attached hydrogens (primary N) is 1. The summed E-state index contributed by atoms with van der Waals surface area (Å²) in [5.41, 5.74) is 6.68. The van der Waals surface area contributed by atoms with Gasteiger partial charge in [0, 0.05) is 17.7 Å². The number of alkyl halides is 3. The van der Waals surface area contributed by atoms with E-state index in [4.69, 9.17) is 10.5 Å². The van der Waals surface area contributed by atoms with Gasteiger partial charge in [-0.15, -0.1) is 25.6 Å². The summed E-state index contributed by atoms with van der Waals surface area (Å²) in [6.45, 7) is 2.05. The van der Waals surface area contributed by atoms with Crippen LogP contribution in [0.25, 0.3) is 0 Å². The van der Waals surface area contributed by atoms with Gasteiger partial charge < -0.3 is 15.2 Å². The molecule has 0 amide bonds. The van der Waals surface area contributed by atoms with Crippen molar-refractivity contribution in [2.24, 2.45) is 5.73 Å². The molecule has 0 bridgehead atoms. The Balaban J connectivity index is 0.00000361. The van der Waals surface area contributed by atoms with E-state index in [2.05, 4.69) is 4.74 Å². The zero-order valence-electron chi connectivity index (χ0n) is 11.4. The van der Waals surface area contributed by atoms with Crippen molar-refractivity contribution >= 4 is 12.4 Å². The second-order valence-corrected chi connectivity index (χ2v) is 4.20. The van der Waals surface area contributed by atoms with E-state index in [-0.39, 0.29) is 24.2 Å². The average Bonchev–Trinajstić information content (AvgIpc) is 2.33. The maximum Gasteiger partial charge on any atom is 0.573 e. The van der Waals surface area contributed by atoms with Gasteiger partial charge in [0.15, 0.2) is 0 Å². The van der Waals surface area contributed by atoms with E-state index >= 15 is 0 Å². The molecule has 0 unspecified atom stereocenters. The van der Waals surface area contributed by atoms with Gasteiger partial charge in [-0.3, -0.25) is 0 Å². The summed E-state index contributed by atoms with van der Waals surface area (Å²) in [6.07, 6.45) is -2.00. The Morgan fingerprint density at radius 1 is 1.30 bits per heavy atom. The van der Waals surface area contributed by atoms with Crippen LogP contribution in [0.15, 0.2) is 18.2 Å². The van der Waals surface area contributed by atoms with Gasteiger partial charge >= 0.3 is 6.36 Å². The quantitative estimate of drug-likeness (QED) is 0.855. The predicted molar refractivity (Wildman–Crippen MR) is 73.4 cm³/mol. The first-order valence-corrected chi connectivity index (χ1v) is 6.06. The fraction of sp³-hybridized carbons (Fsp3) is 0.538.